The Balaban J connectivity index is 0.000000259. The first-order valence-electron chi connectivity index (χ1n) is 18.6. The van der Waals surface area contributed by atoms with Gasteiger partial charge in [-0.25, -0.2) is 4.39 Å². The van der Waals surface area contributed by atoms with Crippen LogP contribution in [-0.4, -0.2) is 107 Å². The number of hydrogen-bond donors (Lipinski definition) is 3. The van der Waals surface area contributed by atoms with Crippen molar-refractivity contribution in [2.24, 2.45) is 5.73 Å². The summed E-state index contributed by atoms with van der Waals surface area (Å²) in [6.07, 6.45) is 8.85. The molecule has 4 aliphatic rings. The monoisotopic (exact) mass is 810 g/mol. The molecule has 2 aliphatic heterocycles. The first-order valence-corrected chi connectivity index (χ1v) is 21.1. The van der Waals surface area contributed by atoms with Crippen LogP contribution in [0.25, 0.3) is 10.1 Å². The number of thiophene rings is 1. The average Bonchev–Trinajstić information content (AvgIpc) is 3.38. The summed E-state index contributed by atoms with van der Waals surface area (Å²) in [6.45, 7) is 9.92. The van der Waals surface area contributed by atoms with Gasteiger partial charge in [0, 0.05) is 35.3 Å². The molecule has 2 saturated heterocycles. The number of rotatable bonds is 11. The topological polar surface area (TPSA) is 154 Å². The molecule has 11 nitrogen and oxygen atoms in total. The number of halogens is 4. The van der Waals surface area contributed by atoms with Crippen LogP contribution in [0.4, 0.5) is 17.6 Å². The van der Waals surface area contributed by atoms with Gasteiger partial charge in [0.25, 0.3) is 5.91 Å². The van der Waals surface area contributed by atoms with Gasteiger partial charge in [-0.15, -0.1) is 24.5 Å². The van der Waals surface area contributed by atoms with E-state index < -0.39 is 31.9 Å². The second kappa shape index (κ2) is 22.3. The van der Waals surface area contributed by atoms with Crippen LogP contribution in [0.3, 0.4) is 0 Å². The molecule has 2 amide bonds. The van der Waals surface area contributed by atoms with Crippen LogP contribution in [0.2, 0.25) is 0 Å². The van der Waals surface area contributed by atoms with Crippen molar-refractivity contribution in [1.29, 1.82) is 0 Å². The largest absolute Gasteiger partial charge is 0.522 e. The molecule has 1 spiro atoms. The van der Waals surface area contributed by atoms with Gasteiger partial charge in [-0.1, -0.05) is 26.3 Å². The minimum absolute atomic E-state index is 0.121. The Bertz CT molecular complexity index is 1490. The fourth-order valence-electron chi connectivity index (χ4n) is 6.42. The summed E-state index contributed by atoms with van der Waals surface area (Å²) in [6, 6.07) is 6.00. The van der Waals surface area contributed by atoms with Crippen molar-refractivity contribution in [2.45, 2.75) is 134 Å². The lowest BCUT2D eigenvalue weighted by molar-refractivity contribution is -0.354. The summed E-state index contributed by atoms with van der Waals surface area (Å²) in [7, 11) is -0.733. The zero-order valence-corrected chi connectivity index (χ0v) is 33.8. The maximum atomic E-state index is 13.5. The van der Waals surface area contributed by atoms with Crippen molar-refractivity contribution in [2.75, 3.05) is 33.7 Å². The fraction of sp³-hybridized carbons (Fsp3) is 0.703. The molecule has 1 aromatic carbocycles. The van der Waals surface area contributed by atoms with Crippen LogP contribution in [0, 0.1) is 0 Å². The summed E-state index contributed by atoms with van der Waals surface area (Å²) in [4.78, 5) is 55.8. The van der Waals surface area contributed by atoms with E-state index in [4.69, 9.17) is 15.5 Å². The van der Waals surface area contributed by atoms with Crippen molar-refractivity contribution >= 4 is 47.6 Å². The van der Waals surface area contributed by atoms with Crippen LogP contribution >= 0.6 is 18.9 Å². The Hall–Kier alpha value is -2.46. The molecule has 2 unspecified atom stereocenters. The van der Waals surface area contributed by atoms with E-state index in [0.29, 0.717) is 39.8 Å². The van der Waals surface area contributed by atoms with Crippen LogP contribution < -0.4 is 5.73 Å². The second-order valence-corrected chi connectivity index (χ2v) is 17.2. The van der Waals surface area contributed by atoms with Crippen molar-refractivity contribution in [3.63, 3.8) is 0 Å². The van der Waals surface area contributed by atoms with Crippen LogP contribution in [0.5, 0.6) is 0 Å². The molecule has 2 aliphatic carbocycles. The van der Waals surface area contributed by atoms with E-state index in [0.717, 1.165) is 43.4 Å². The van der Waals surface area contributed by atoms with E-state index in [1.807, 2.05) is 18.9 Å². The lowest BCUT2D eigenvalue weighted by atomic mass is 9.87. The Kier molecular flexibility index (Phi) is 19.7. The number of amides is 2. The average molecular weight is 811 g/mol. The zero-order chi connectivity index (χ0) is 40.7. The molecule has 4 fully saturated rings. The normalized spacial score (nSPS) is 21.2. The van der Waals surface area contributed by atoms with E-state index >= 15 is 0 Å². The molecule has 3 heterocycles. The third-order valence-corrected chi connectivity index (χ3v) is 11.9. The summed E-state index contributed by atoms with van der Waals surface area (Å²) in [5, 5.41) is 0.530. The maximum absolute atomic E-state index is 13.5. The molecular weight excluding hydrogens is 751 g/mol. The number of carbonyl (C=O) groups is 3. The first kappa shape index (κ1) is 47.7. The number of unbranched alkanes of at least 4 members (excludes halogenated alkanes) is 1. The molecule has 0 bridgehead atoms. The molecule has 1 aromatic heterocycles. The van der Waals surface area contributed by atoms with E-state index in [-0.39, 0.29) is 17.6 Å². The minimum Gasteiger partial charge on any atom is -0.365 e. The van der Waals surface area contributed by atoms with E-state index in [9.17, 15) is 36.5 Å². The second-order valence-electron chi connectivity index (χ2n) is 14.5. The van der Waals surface area contributed by atoms with Gasteiger partial charge in [0.05, 0.1) is 11.0 Å². The minimum atomic E-state index is -4.82. The summed E-state index contributed by atoms with van der Waals surface area (Å²) in [5.74, 6) is -2.96. The third-order valence-electron chi connectivity index (χ3n) is 9.87. The van der Waals surface area contributed by atoms with Crippen molar-refractivity contribution in [1.82, 2.24) is 14.7 Å². The summed E-state index contributed by atoms with van der Waals surface area (Å²) < 4.78 is 64.8. The van der Waals surface area contributed by atoms with Gasteiger partial charge in [0.2, 0.25) is 12.3 Å². The van der Waals surface area contributed by atoms with Crippen molar-refractivity contribution in [3.8, 4) is 0 Å². The van der Waals surface area contributed by atoms with Gasteiger partial charge in [-0.2, -0.15) is 0 Å². The number of benzene rings is 1. The number of alkyl halides is 4. The SMILES string of the molecule is CC(CCCC=O)N(C)C1CC(OC(F)(F)F)C1.CCC.CN1CCCC1.NC(=O)c1cc2cc(C(F)P(=O)(O)O)ccc2s1.O=CN1CCCC12CC2. The highest BCUT2D eigenvalue weighted by molar-refractivity contribution is 7.51. The number of likely N-dealkylation sites (tertiary alicyclic amines) is 2. The van der Waals surface area contributed by atoms with Gasteiger partial charge >= 0.3 is 14.0 Å². The van der Waals surface area contributed by atoms with Crippen molar-refractivity contribution in [3.05, 3.63) is 34.7 Å². The van der Waals surface area contributed by atoms with Gasteiger partial charge in [-0.05, 0) is 127 Å². The number of aldehydes is 1. The number of ether oxygens (including phenoxy) is 1. The molecule has 2 atom stereocenters. The van der Waals surface area contributed by atoms with Gasteiger partial charge < -0.3 is 35.0 Å². The summed E-state index contributed by atoms with van der Waals surface area (Å²) >= 11 is 1.14. The molecule has 0 radical (unpaired) electrons. The van der Waals surface area contributed by atoms with Crippen molar-refractivity contribution < 1.29 is 51.0 Å². The molecule has 6 rings (SSSR count). The third kappa shape index (κ3) is 16.0. The molecule has 17 heteroatoms. The Morgan fingerprint density at radius 2 is 1.72 bits per heavy atom. The summed E-state index contributed by atoms with van der Waals surface area (Å²) in [5.41, 5.74) is 5.37. The zero-order valence-electron chi connectivity index (χ0n) is 32.1. The Morgan fingerprint density at radius 3 is 2.17 bits per heavy atom. The van der Waals surface area contributed by atoms with Gasteiger partial charge in [-0.3, -0.25) is 18.9 Å². The number of carbonyl (C=O) groups excluding carboxylic acids is 3. The Morgan fingerprint density at radius 1 is 1.11 bits per heavy atom. The first-order chi connectivity index (χ1) is 25.3. The molecule has 2 saturated carbocycles. The Labute approximate surface area is 320 Å². The molecule has 2 aromatic rings. The molecule has 4 N–H and O–H groups in total. The highest BCUT2D eigenvalue weighted by Gasteiger charge is 2.50. The lowest BCUT2D eigenvalue weighted by Crippen LogP contribution is -2.50. The lowest BCUT2D eigenvalue weighted by Gasteiger charge is -2.43. The number of nitrogens with two attached hydrogens (primary N) is 1. The smallest absolute Gasteiger partial charge is 0.365 e. The van der Waals surface area contributed by atoms with E-state index in [1.54, 1.807) is 0 Å². The predicted octanol–water partition coefficient (Wildman–Crippen LogP) is 7.79. The number of primary amides is 1. The van der Waals surface area contributed by atoms with Crippen LogP contribution in [0.1, 0.15) is 119 Å². The quantitative estimate of drug-likeness (QED) is 0.0894. The van der Waals surface area contributed by atoms with Gasteiger partial charge in [0.1, 0.15) is 6.29 Å². The number of nitrogens with zero attached hydrogens (tertiary/aromatic N) is 3. The number of fused-ring (bicyclic) bond motifs is 1. The molecule has 308 valence electrons. The molecule has 54 heavy (non-hydrogen) atoms. The predicted molar refractivity (Wildman–Crippen MR) is 204 cm³/mol. The van der Waals surface area contributed by atoms with Crippen LogP contribution in [-0.2, 0) is 18.9 Å². The standard InChI is InChI=1S/C12H20F3NO2.C10H9FNO4PS.C7H11NO.C5H11N.C3H8/c1-9(5-3-4-6-17)16(2)10-7-11(8-10)18-12(13,14)15;11-9(17(14,15)16)5-1-2-7-6(3-5)4-8(18-7)10(12)13;9-6-8-5-1-2-7(8)3-4-7;1-6-4-2-3-5-6;1-3-2/h6,9-11H,3-5,7-8H2,1-2H3;1-4,9H,(H2,12,13)(H2,14,15,16);6H,1-5H2;2-5H2,1H3;3H2,1-2H3. The fourth-order valence-corrected chi connectivity index (χ4v) is 7.87. The van der Waals surface area contributed by atoms with Gasteiger partial charge in [0.15, 0.2) is 0 Å². The van der Waals surface area contributed by atoms with Crippen LogP contribution in [0.15, 0.2) is 24.3 Å². The van der Waals surface area contributed by atoms with E-state index in [2.05, 4.69) is 35.4 Å². The number of hydrogen-bond acceptors (Lipinski definition) is 8. The maximum Gasteiger partial charge on any atom is 0.522 e. The highest BCUT2D eigenvalue weighted by Crippen LogP contribution is 2.53. The molecular formula is C37H59F4N4O7PS. The highest BCUT2D eigenvalue weighted by atomic mass is 32.1. The van der Waals surface area contributed by atoms with E-state index in [1.165, 1.54) is 82.3 Å².